The summed E-state index contributed by atoms with van der Waals surface area (Å²) in [6, 6.07) is 4.94. The summed E-state index contributed by atoms with van der Waals surface area (Å²) in [5.41, 5.74) is 2.16. The fourth-order valence-corrected chi connectivity index (χ4v) is 4.59. The number of nitrogens with one attached hydrogen (secondary N) is 2. The molecule has 0 bridgehead atoms. The van der Waals surface area contributed by atoms with Crippen LogP contribution in [0.4, 0.5) is 10.2 Å². The van der Waals surface area contributed by atoms with Crippen molar-refractivity contribution in [2.24, 2.45) is 0 Å². The molecule has 0 aliphatic carbocycles. The second-order valence-electron chi connectivity index (χ2n) is 5.78. The Morgan fingerprint density at radius 2 is 2.20 bits per heavy atom. The lowest BCUT2D eigenvalue weighted by atomic mass is 10.1. The van der Waals surface area contributed by atoms with Crippen molar-refractivity contribution in [3.8, 4) is 0 Å². The van der Waals surface area contributed by atoms with Gasteiger partial charge in [0.2, 0.25) is 9.84 Å². The largest absolute Gasteiger partial charge is 0.370 e. The minimum atomic E-state index is -3.98. The first-order valence-electron chi connectivity index (χ1n) is 7.81. The Labute approximate surface area is 143 Å². The minimum absolute atomic E-state index is 0.0399. The van der Waals surface area contributed by atoms with Crippen LogP contribution in [0.15, 0.2) is 40.3 Å². The quantitative estimate of drug-likeness (QED) is 0.733. The number of halogens is 1. The Morgan fingerprint density at radius 3 is 2.96 bits per heavy atom. The van der Waals surface area contributed by atoms with Gasteiger partial charge in [0.25, 0.3) is 0 Å². The first-order chi connectivity index (χ1) is 12.0. The molecule has 1 aliphatic heterocycles. The normalized spacial score (nSPS) is 14.5. The molecule has 9 heteroatoms. The molecule has 7 nitrogen and oxygen atoms in total. The van der Waals surface area contributed by atoms with Crippen molar-refractivity contribution in [3.05, 3.63) is 47.5 Å². The summed E-state index contributed by atoms with van der Waals surface area (Å²) in [4.78, 5) is 4.16. The first kappa shape index (κ1) is 16.0. The van der Waals surface area contributed by atoms with E-state index < -0.39 is 15.7 Å². The van der Waals surface area contributed by atoms with Crippen molar-refractivity contribution in [2.45, 2.75) is 22.8 Å². The molecule has 0 spiro atoms. The molecule has 0 saturated heterocycles. The van der Waals surface area contributed by atoms with Crippen LogP contribution in [0, 0.1) is 5.82 Å². The second-order valence-corrected chi connectivity index (χ2v) is 7.67. The smallest absolute Gasteiger partial charge is 0.214 e. The van der Waals surface area contributed by atoms with Gasteiger partial charge in [0, 0.05) is 38.3 Å². The number of hydrogen-bond donors (Lipinski definition) is 2. The molecule has 1 aromatic carbocycles. The Bertz CT molecular complexity index is 1080. The lowest BCUT2D eigenvalue weighted by Gasteiger charge is -2.17. The number of fused-ring (bicyclic) bond motifs is 3. The molecule has 0 amide bonds. The third kappa shape index (κ3) is 2.47. The Hall–Kier alpha value is -2.52. The van der Waals surface area contributed by atoms with Gasteiger partial charge in [-0.1, -0.05) is 6.07 Å². The maximum atomic E-state index is 13.5. The summed E-state index contributed by atoms with van der Waals surface area (Å²) in [5, 5.41) is 10.5. The van der Waals surface area contributed by atoms with Crippen LogP contribution in [0.3, 0.4) is 0 Å². The number of nitrogens with zero attached hydrogens (tertiary/aromatic N) is 3. The number of aromatic nitrogens is 3. The van der Waals surface area contributed by atoms with Crippen LogP contribution in [0.25, 0.3) is 5.65 Å². The highest BCUT2D eigenvalue weighted by molar-refractivity contribution is 7.91. The molecule has 0 radical (unpaired) electrons. The highest BCUT2D eigenvalue weighted by atomic mass is 32.2. The summed E-state index contributed by atoms with van der Waals surface area (Å²) in [7, 11) is -2.38. The molecule has 3 aromatic rings. The zero-order chi connectivity index (χ0) is 17.6. The van der Waals surface area contributed by atoms with Crippen LogP contribution >= 0.6 is 0 Å². The van der Waals surface area contributed by atoms with E-state index in [1.807, 2.05) is 0 Å². The molecule has 0 fully saturated rings. The van der Waals surface area contributed by atoms with E-state index >= 15 is 0 Å². The molecular formula is C16H16FN5O2S. The predicted octanol–water partition coefficient (Wildman–Crippen LogP) is 1.39. The van der Waals surface area contributed by atoms with E-state index in [-0.39, 0.29) is 21.3 Å². The van der Waals surface area contributed by atoms with Crippen molar-refractivity contribution in [1.82, 2.24) is 19.9 Å². The molecule has 0 atom stereocenters. The fraction of sp³-hybridized carbons (Fsp3) is 0.250. The van der Waals surface area contributed by atoms with Gasteiger partial charge < -0.3 is 10.6 Å². The Morgan fingerprint density at radius 1 is 1.36 bits per heavy atom. The van der Waals surface area contributed by atoms with E-state index in [0.29, 0.717) is 6.54 Å². The van der Waals surface area contributed by atoms with Crippen LogP contribution in [-0.2, 0) is 22.8 Å². The maximum absolute atomic E-state index is 13.5. The molecular weight excluding hydrogens is 345 g/mol. The number of anilines is 1. The summed E-state index contributed by atoms with van der Waals surface area (Å²) >= 11 is 0. The third-order valence-corrected chi connectivity index (χ3v) is 6.04. The van der Waals surface area contributed by atoms with Crippen molar-refractivity contribution in [3.63, 3.8) is 0 Å². The highest BCUT2D eigenvalue weighted by Crippen LogP contribution is 2.32. The summed E-state index contributed by atoms with van der Waals surface area (Å²) in [6.45, 7) is 1.45. The van der Waals surface area contributed by atoms with Crippen LogP contribution < -0.4 is 10.6 Å². The minimum Gasteiger partial charge on any atom is -0.370 e. The number of hydrogen-bond acceptors (Lipinski definition) is 6. The molecule has 1 aliphatic rings. The number of sulfone groups is 1. The lowest BCUT2D eigenvalue weighted by molar-refractivity contribution is 0.591. The summed E-state index contributed by atoms with van der Waals surface area (Å²) in [6.07, 6.45) is 2.39. The van der Waals surface area contributed by atoms with Gasteiger partial charge in [-0.05, 0) is 18.2 Å². The Balaban J connectivity index is 2.01. The molecule has 0 unspecified atom stereocenters. The summed E-state index contributed by atoms with van der Waals surface area (Å²) < 4.78 is 41.3. The van der Waals surface area contributed by atoms with E-state index in [1.165, 1.54) is 18.2 Å². The molecule has 4 rings (SSSR count). The van der Waals surface area contributed by atoms with Gasteiger partial charge in [-0.25, -0.2) is 22.3 Å². The standard InChI is InChI=1S/C16H16FN5O2S/c1-18-15-14(25(23,24)12-4-2-3-11(17)7-12)16-20-9-10-8-19-6-5-13(10)22(16)21-15/h2-4,7,9,19H,5-6,8H2,1H3,(H,18,21). The second kappa shape index (κ2) is 5.78. The van der Waals surface area contributed by atoms with Gasteiger partial charge in [-0.3, -0.25) is 0 Å². The molecule has 2 N–H and O–H groups in total. The monoisotopic (exact) mass is 361 g/mol. The molecule has 0 saturated carbocycles. The first-order valence-corrected chi connectivity index (χ1v) is 9.29. The topological polar surface area (TPSA) is 88.4 Å². The van der Waals surface area contributed by atoms with E-state index in [1.54, 1.807) is 17.8 Å². The van der Waals surface area contributed by atoms with Crippen molar-refractivity contribution in [1.29, 1.82) is 0 Å². The highest BCUT2D eigenvalue weighted by Gasteiger charge is 2.30. The average molecular weight is 361 g/mol. The van der Waals surface area contributed by atoms with Crippen LogP contribution in [0.2, 0.25) is 0 Å². The van der Waals surface area contributed by atoms with Crippen molar-refractivity contribution < 1.29 is 12.8 Å². The number of benzene rings is 1. The van der Waals surface area contributed by atoms with E-state index in [0.717, 1.165) is 30.3 Å². The third-order valence-electron chi connectivity index (χ3n) is 4.25. The van der Waals surface area contributed by atoms with Gasteiger partial charge in [0.05, 0.1) is 10.6 Å². The van der Waals surface area contributed by atoms with Gasteiger partial charge in [0.1, 0.15) is 5.82 Å². The van der Waals surface area contributed by atoms with Gasteiger partial charge >= 0.3 is 0 Å². The van der Waals surface area contributed by atoms with Gasteiger partial charge in [-0.2, -0.15) is 0 Å². The molecule has 3 heterocycles. The van der Waals surface area contributed by atoms with Crippen LogP contribution in [-0.4, -0.2) is 36.6 Å². The SMILES string of the molecule is CNc1nn2c3c(cnc2c1S(=O)(=O)c1cccc(F)c1)CNCC3. The van der Waals surface area contributed by atoms with Gasteiger partial charge in [0.15, 0.2) is 16.4 Å². The van der Waals surface area contributed by atoms with Gasteiger partial charge in [-0.15, -0.1) is 5.10 Å². The number of rotatable bonds is 3. The average Bonchev–Trinajstić information content (AvgIpc) is 3.01. The summed E-state index contributed by atoms with van der Waals surface area (Å²) in [5.74, 6) is -0.413. The molecule has 25 heavy (non-hydrogen) atoms. The molecule has 2 aromatic heterocycles. The zero-order valence-corrected chi connectivity index (χ0v) is 14.3. The fourth-order valence-electron chi connectivity index (χ4n) is 3.05. The van der Waals surface area contributed by atoms with Crippen molar-refractivity contribution in [2.75, 3.05) is 18.9 Å². The van der Waals surface area contributed by atoms with E-state index in [9.17, 15) is 12.8 Å². The Kier molecular flexibility index (Phi) is 3.69. The maximum Gasteiger partial charge on any atom is 0.214 e. The van der Waals surface area contributed by atoms with E-state index in [4.69, 9.17) is 0 Å². The van der Waals surface area contributed by atoms with E-state index in [2.05, 4.69) is 20.7 Å². The zero-order valence-electron chi connectivity index (χ0n) is 13.5. The van der Waals surface area contributed by atoms with Crippen LogP contribution in [0.1, 0.15) is 11.3 Å². The molecule has 130 valence electrons. The predicted molar refractivity (Wildman–Crippen MR) is 89.8 cm³/mol. The lowest BCUT2D eigenvalue weighted by Crippen LogP contribution is -2.26. The van der Waals surface area contributed by atoms with Crippen molar-refractivity contribution >= 4 is 21.3 Å². The van der Waals surface area contributed by atoms with Crippen LogP contribution in [0.5, 0.6) is 0 Å².